The van der Waals surface area contributed by atoms with Gasteiger partial charge in [-0.1, -0.05) is 30.3 Å². The van der Waals surface area contributed by atoms with Crippen LogP contribution in [0.25, 0.3) is 0 Å². The zero-order chi connectivity index (χ0) is 22.4. The molecule has 1 heterocycles. The number of rotatable bonds is 9. The summed E-state index contributed by atoms with van der Waals surface area (Å²) in [4.78, 5) is 15.3. The summed E-state index contributed by atoms with van der Waals surface area (Å²) in [5.41, 5.74) is 2.59. The van der Waals surface area contributed by atoms with Crippen molar-refractivity contribution >= 4 is 21.6 Å². The molecule has 0 aliphatic carbocycles. The number of methoxy groups -OCH3 is 1. The number of anilines is 1. The van der Waals surface area contributed by atoms with Crippen molar-refractivity contribution in [2.45, 2.75) is 38.9 Å². The topological polar surface area (TPSA) is 79.0 Å². The van der Waals surface area contributed by atoms with Crippen LogP contribution in [0.4, 0.5) is 5.69 Å². The second-order valence-corrected chi connectivity index (χ2v) is 9.82. The number of likely N-dealkylation sites (tertiary alicyclic amines) is 1. The van der Waals surface area contributed by atoms with Crippen LogP contribution in [-0.2, 0) is 27.9 Å². The second kappa shape index (κ2) is 10.2. The Hall–Kier alpha value is -2.58. The summed E-state index contributed by atoms with van der Waals surface area (Å²) in [6.45, 7) is 5.09. The Morgan fingerprint density at radius 1 is 1.13 bits per heavy atom. The summed E-state index contributed by atoms with van der Waals surface area (Å²) >= 11 is 0. The predicted molar refractivity (Wildman–Crippen MR) is 123 cm³/mol. The highest BCUT2D eigenvalue weighted by atomic mass is 32.2. The van der Waals surface area contributed by atoms with Gasteiger partial charge in [-0.2, -0.15) is 0 Å². The van der Waals surface area contributed by atoms with E-state index in [1.165, 1.54) is 25.5 Å². The van der Waals surface area contributed by atoms with Crippen molar-refractivity contribution in [1.82, 2.24) is 10.2 Å². The number of sulfonamides is 1. The SMILES string of the molecule is COc1cccc(N([C@H](C)C(=O)NCc2cccc(CN3CCCC3)c2)S(C)(=O)=O)c1. The Labute approximate surface area is 185 Å². The molecule has 1 N–H and O–H groups in total. The van der Waals surface area contributed by atoms with E-state index in [0.29, 0.717) is 18.0 Å². The van der Waals surface area contributed by atoms with Gasteiger partial charge in [-0.25, -0.2) is 8.42 Å². The molecule has 0 spiro atoms. The van der Waals surface area contributed by atoms with Gasteiger partial charge in [0.15, 0.2) is 0 Å². The van der Waals surface area contributed by atoms with Crippen molar-refractivity contribution in [3.63, 3.8) is 0 Å². The Morgan fingerprint density at radius 3 is 2.48 bits per heavy atom. The fraction of sp³-hybridized carbons (Fsp3) is 0.435. The number of carbonyl (C=O) groups is 1. The smallest absolute Gasteiger partial charge is 0.243 e. The Balaban J connectivity index is 1.68. The maximum Gasteiger partial charge on any atom is 0.243 e. The number of nitrogens with zero attached hydrogens (tertiary/aromatic N) is 2. The molecule has 31 heavy (non-hydrogen) atoms. The quantitative estimate of drug-likeness (QED) is 0.642. The minimum absolute atomic E-state index is 0.340. The zero-order valence-electron chi connectivity index (χ0n) is 18.4. The number of hydrogen-bond donors (Lipinski definition) is 1. The molecule has 0 unspecified atom stereocenters. The average molecular weight is 446 g/mol. The lowest BCUT2D eigenvalue weighted by Crippen LogP contribution is -2.47. The van der Waals surface area contributed by atoms with Gasteiger partial charge in [0.05, 0.1) is 19.1 Å². The molecule has 1 saturated heterocycles. The Morgan fingerprint density at radius 2 is 1.81 bits per heavy atom. The van der Waals surface area contributed by atoms with Gasteiger partial charge < -0.3 is 10.1 Å². The van der Waals surface area contributed by atoms with Crippen LogP contribution in [0.15, 0.2) is 48.5 Å². The van der Waals surface area contributed by atoms with E-state index in [9.17, 15) is 13.2 Å². The van der Waals surface area contributed by atoms with Crippen molar-refractivity contribution in [3.8, 4) is 5.75 Å². The van der Waals surface area contributed by atoms with Crippen LogP contribution in [0, 0.1) is 0 Å². The molecule has 1 atom stereocenters. The summed E-state index contributed by atoms with van der Waals surface area (Å²) < 4.78 is 31.2. The standard InChI is InChI=1S/C23H31N3O4S/c1-18(26(31(3,28)29)21-10-7-11-22(15-21)30-2)23(27)24-16-19-8-6-9-20(14-19)17-25-12-4-5-13-25/h6-11,14-15,18H,4-5,12-13,16-17H2,1-3H3,(H,24,27)/t18-/m1/s1. The van der Waals surface area contributed by atoms with Gasteiger partial charge >= 0.3 is 0 Å². The Bertz CT molecular complexity index is 1000. The minimum Gasteiger partial charge on any atom is -0.497 e. The number of hydrogen-bond acceptors (Lipinski definition) is 5. The number of amides is 1. The van der Waals surface area contributed by atoms with E-state index in [0.717, 1.165) is 35.8 Å². The van der Waals surface area contributed by atoms with Crippen molar-refractivity contribution in [2.75, 3.05) is 30.8 Å². The summed E-state index contributed by atoms with van der Waals surface area (Å²) in [5, 5.41) is 2.88. The van der Waals surface area contributed by atoms with Gasteiger partial charge in [-0.15, -0.1) is 0 Å². The van der Waals surface area contributed by atoms with E-state index in [-0.39, 0.29) is 5.91 Å². The predicted octanol–water partition coefficient (Wildman–Crippen LogP) is 2.76. The van der Waals surface area contributed by atoms with Gasteiger partial charge in [0.25, 0.3) is 0 Å². The molecule has 2 aromatic rings. The third kappa shape index (κ3) is 6.21. The van der Waals surface area contributed by atoms with Gasteiger partial charge in [0, 0.05) is 19.2 Å². The lowest BCUT2D eigenvalue weighted by molar-refractivity contribution is -0.122. The van der Waals surface area contributed by atoms with Crippen LogP contribution >= 0.6 is 0 Å². The highest BCUT2D eigenvalue weighted by Crippen LogP contribution is 2.25. The van der Waals surface area contributed by atoms with Crippen LogP contribution in [0.5, 0.6) is 5.75 Å². The van der Waals surface area contributed by atoms with Crippen LogP contribution in [0.2, 0.25) is 0 Å². The second-order valence-electron chi connectivity index (χ2n) is 7.96. The fourth-order valence-electron chi connectivity index (χ4n) is 3.93. The molecular weight excluding hydrogens is 414 g/mol. The van der Waals surface area contributed by atoms with Gasteiger partial charge in [-0.3, -0.25) is 14.0 Å². The lowest BCUT2D eigenvalue weighted by atomic mass is 10.1. The van der Waals surface area contributed by atoms with Crippen LogP contribution in [-0.4, -0.2) is 51.7 Å². The van der Waals surface area contributed by atoms with Crippen molar-refractivity contribution in [1.29, 1.82) is 0 Å². The van der Waals surface area contributed by atoms with E-state index in [1.807, 2.05) is 12.1 Å². The van der Waals surface area contributed by atoms with Crippen molar-refractivity contribution < 1.29 is 17.9 Å². The Kier molecular flexibility index (Phi) is 7.56. The van der Waals surface area contributed by atoms with Crippen LogP contribution < -0.4 is 14.4 Å². The van der Waals surface area contributed by atoms with Crippen LogP contribution in [0.3, 0.4) is 0 Å². The summed E-state index contributed by atoms with van der Waals surface area (Å²) in [6.07, 6.45) is 3.59. The first-order chi connectivity index (χ1) is 14.8. The molecule has 7 nitrogen and oxygen atoms in total. The third-order valence-electron chi connectivity index (χ3n) is 5.46. The highest BCUT2D eigenvalue weighted by molar-refractivity contribution is 7.92. The number of carbonyl (C=O) groups excluding carboxylic acids is 1. The lowest BCUT2D eigenvalue weighted by Gasteiger charge is -2.28. The molecule has 1 aliphatic rings. The van der Waals surface area contributed by atoms with Gasteiger partial charge in [0.2, 0.25) is 15.9 Å². The average Bonchev–Trinajstić information content (AvgIpc) is 3.24. The number of nitrogens with one attached hydrogen (secondary N) is 1. The molecule has 0 aromatic heterocycles. The third-order valence-corrected chi connectivity index (χ3v) is 6.70. The molecule has 3 rings (SSSR count). The first kappa shape index (κ1) is 23.1. The van der Waals surface area contributed by atoms with E-state index < -0.39 is 16.1 Å². The largest absolute Gasteiger partial charge is 0.497 e. The number of benzene rings is 2. The monoisotopic (exact) mass is 445 g/mol. The molecule has 0 saturated carbocycles. The fourth-order valence-corrected chi connectivity index (χ4v) is 5.10. The molecule has 0 bridgehead atoms. The maximum atomic E-state index is 12.8. The minimum atomic E-state index is -3.68. The molecule has 2 aromatic carbocycles. The van der Waals surface area contributed by atoms with Gasteiger partial charge in [-0.05, 0) is 56.1 Å². The first-order valence-corrected chi connectivity index (χ1v) is 12.3. The highest BCUT2D eigenvalue weighted by Gasteiger charge is 2.29. The number of ether oxygens (including phenoxy) is 1. The van der Waals surface area contributed by atoms with Crippen molar-refractivity contribution in [3.05, 3.63) is 59.7 Å². The molecule has 0 radical (unpaired) electrons. The van der Waals surface area contributed by atoms with Crippen molar-refractivity contribution in [2.24, 2.45) is 0 Å². The summed E-state index contributed by atoms with van der Waals surface area (Å²) in [7, 11) is -2.17. The molecule has 8 heteroatoms. The summed E-state index contributed by atoms with van der Waals surface area (Å²) in [5.74, 6) is 0.159. The van der Waals surface area contributed by atoms with E-state index in [4.69, 9.17) is 4.74 Å². The molecule has 1 fully saturated rings. The zero-order valence-corrected chi connectivity index (χ0v) is 19.2. The maximum absolute atomic E-state index is 12.8. The molecular formula is C23H31N3O4S. The van der Waals surface area contributed by atoms with Crippen LogP contribution in [0.1, 0.15) is 30.9 Å². The van der Waals surface area contributed by atoms with E-state index in [2.05, 4.69) is 22.3 Å². The normalized spacial score (nSPS) is 15.5. The molecule has 1 aliphatic heterocycles. The molecule has 1 amide bonds. The van der Waals surface area contributed by atoms with E-state index >= 15 is 0 Å². The van der Waals surface area contributed by atoms with Gasteiger partial charge in [0.1, 0.15) is 11.8 Å². The first-order valence-electron chi connectivity index (χ1n) is 10.5. The van der Waals surface area contributed by atoms with E-state index in [1.54, 1.807) is 31.2 Å². The summed E-state index contributed by atoms with van der Waals surface area (Å²) in [6, 6.07) is 13.9. The molecule has 168 valence electrons.